The maximum absolute atomic E-state index is 12.4. The summed E-state index contributed by atoms with van der Waals surface area (Å²) >= 11 is 0. The number of carbonyl (C=O) groups excluding carboxylic acids is 1. The van der Waals surface area contributed by atoms with Crippen molar-refractivity contribution in [3.05, 3.63) is 54.1 Å². The lowest BCUT2D eigenvalue weighted by Crippen LogP contribution is -2.40. The minimum absolute atomic E-state index is 0.133. The molecule has 1 aliphatic heterocycles. The summed E-state index contributed by atoms with van der Waals surface area (Å²) < 4.78 is 7.33. The molecule has 0 unspecified atom stereocenters. The van der Waals surface area contributed by atoms with Crippen LogP contribution < -0.4 is 4.90 Å². The highest BCUT2D eigenvalue weighted by Crippen LogP contribution is 2.31. The third kappa shape index (κ3) is 3.50. The van der Waals surface area contributed by atoms with Crippen molar-refractivity contribution < 1.29 is 9.53 Å². The Morgan fingerprint density at radius 1 is 1.16 bits per heavy atom. The van der Waals surface area contributed by atoms with Gasteiger partial charge in [-0.15, -0.1) is 10.2 Å². The second kappa shape index (κ2) is 7.98. The lowest BCUT2D eigenvalue weighted by atomic mass is 9.98. The lowest BCUT2D eigenvalue weighted by molar-refractivity contribution is -0.148. The predicted octanol–water partition coefficient (Wildman–Crippen LogP) is 4.03. The van der Waals surface area contributed by atoms with Crippen LogP contribution in [0.3, 0.4) is 0 Å². The molecule has 1 aliphatic rings. The molecule has 1 saturated heterocycles. The van der Waals surface area contributed by atoms with Crippen molar-refractivity contribution in [3.8, 4) is 11.4 Å². The van der Waals surface area contributed by atoms with E-state index in [1.165, 1.54) is 0 Å². The van der Waals surface area contributed by atoms with Gasteiger partial charge >= 0.3 is 5.97 Å². The number of carbonyl (C=O) groups is 1. The van der Waals surface area contributed by atoms with Gasteiger partial charge in [0.25, 0.3) is 0 Å². The monoisotopic (exact) mass is 415 g/mol. The highest BCUT2D eigenvalue weighted by Gasteiger charge is 2.30. The van der Waals surface area contributed by atoms with E-state index >= 15 is 0 Å². The van der Waals surface area contributed by atoms with Crippen LogP contribution in [0.1, 0.15) is 25.3 Å². The van der Waals surface area contributed by atoms with E-state index in [0.717, 1.165) is 58.8 Å². The van der Waals surface area contributed by atoms with Gasteiger partial charge in [-0.05, 0) is 44.9 Å². The van der Waals surface area contributed by atoms with Gasteiger partial charge < -0.3 is 9.64 Å². The zero-order chi connectivity index (χ0) is 21.4. The molecule has 0 bridgehead atoms. The second-order valence-electron chi connectivity index (χ2n) is 8.02. The summed E-state index contributed by atoms with van der Waals surface area (Å²) in [6, 6.07) is 16.2. The maximum Gasteiger partial charge on any atom is 0.310 e. The molecule has 1 atom stereocenters. The number of para-hydroxylation sites is 1. The van der Waals surface area contributed by atoms with Crippen LogP contribution >= 0.6 is 0 Å². The number of fused-ring (bicyclic) bond motifs is 3. The quantitative estimate of drug-likeness (QED) is 0.469. The SMILES string of the molecule is CCOC(=O)[C@H]1CCCN(c2nc3ccccc3c3nnc(-c4cccc(C)c4)n23)C1. The first-order valence-corrected chi connectivity index (χ1v) is 10.8. The van der Waals surface area contributed by atoms with E-state index in [0.29, 0.717) is 13.2 Å². The van der Waals surface area contributed by atoms with Gasteiger partial charge in [0.2, 0.25) is 5.95 Å². The first kappa shape index (κ1) is 19.5. The zero-order valence-corrected chi connectivity index (χ0v) is 17.8. The van der Waals surface area contributed by atoms with E-state index in [2.05, 4.69) is 34.2 Å². The summed E-state index contributed by atoms with van der Waals surface area (Å²) in [5.74, 6) is 1.23. The van der Waals surface area contributed by atoms with Crippen molar-refractivity contribution in [1.29, 1.82) is 0 Å². The Balaban J connectivity index is 1.69. The Bertz CT molecular complexity index is 1270. The number of ether oxygens (including phenoxy) is 1. The van der Waals surface area contributed by atoms with E-state index in [1.54, 1.807) is 0 Å². The van der Waals surface area contributed by atoms with Gasteiger partial charge in [0.15, 0.2) is 11.5 Å². The number of rotatable bonds is 4. The molecular weight excluding hydrogens is 390 g/mol. The fraction of sp³-hybridized carbons (Fsp3) is 0.333. The summed E-state index contributed by atoms with van der Waals surface area (Å²) in [5, 5.41) is 10.1. The number of hydrogen-bond donors (Lipinski definition) is 0. The number of anilines is 1. The molecule has 0 amide bonds. The molecule has 3 heterocycles. The van der Waals surface area contributed by atoms with Gasteiger partial charge in [-0.2, -0.15) is 0 Å². The number of benzene rings is 2. The lowest BCUT2D eigenvalue weighted by Gasteiger charge is -2.32. The van der Waals surface area contributed by atoms with Crippen LogP contribution in [-0.2, 0) is 9.53 Å². The number of aryl methyl sites for hydroxylation is 1. The zero-order valence-electron chi connectivity index (χ0n) is 17.8. The minimum Gasteiger partial charge on any atom is -0.466 e. The summed E-state index contributed by atoms with van der Waals surface area (Å²) in [4.78, 5) is 19.6. The van der Waals surface area contributed by atoms with Gasteiger partial charge in [0.1, 0.15) is 0 Å². The molecule has 7 nitrogen and oxygen atoms in total. The molecule has 2 aromatic carbocycles. The Kier molecular flexibility index (Phi) is 5.02. The number of aromatic nitrogens is 4. The molecule has 158 valence electrons. The van der Waals surface area contributed by atoms with Crippen molar-refractivity contribution in [2.45, 2.75) is 26.7 Å². The number of nitrogens with zero attached hydrogens (tertiary/aromatic N) is 5. The molecule has 4 aromatic rings. The maximum atomic E-state index is 12.4. The van der Waals surface area contributed by atoms with Gasteiger partial charge in [-0.1, -0.05) is 35.9 Å². The minimum atomic E-state index is -0.157. The number of hydrogen-bond acceptors (Lipinski definition) is 6. The van der Waals surface area contributed by atoms with Crippen LogP contribution in [0.4, 0.5) is 5.95 Å². The van der Waals surface area contributed by atoms with Crippen LogP contribution in [0.5, 0.6) is 0 Å². The first-order chi connectivity index (χ1) is 15.2. The predicted molar refractivity (Wildman–Crippen MR) is 120 cm³/mol. The molecule has 5 rings (SSSR count). The molecule has 2 aromatic heterocycles. The highest BCUT2D eigenvalue weighted by atomic mass is 16.5. The number of esters is 1. The fourth-order valence-corrected chi connectivity index (χ4v) is 4.36. The smallest absolute Gasteiger partial charge is 0.310 e. The van der Waals surface area contributed by atoms with E-state index in [4.69, 9.17) is 9.72 Å². The van der Waals surface area contributed by atoms with Crippen LogP contribution in [0.2, 0.25) is 0 Å². The van der Waals surface area contributed by atoms with Gasteiger partial charge in [-0.3, -0.25) is 4.79 Å². The standard InChI is InChI=1S/C24H25N5O2/c1-3-31-23(30)18-10-7-13-28(15-18)24-25-20-12-5-4-11-19(20)22-27-26-21(29(22)24)17-9-6-8-16(2)14-17/h4-6,8-9,11-12,14,18H,3,7,10,13,15H2,1-2H3/t18-/m0/s1. The Hall–Kier alpha value is -3.48. The highest BCUT2D eigenvalue weighted by molar-refractivity contribution is 5.93. The van der Waals surface area contributed by atoms with Crippen LogP contribution in [0.15, 0.2) is 48.5 Å². The molecule has 0 saturated carbocycles. The number of piperidine rings is 1. The van der Waals surface area contributed by atoms with E-state index < -0.39 is 0 Å². The van der Waals surface area contributed by atoms with Crippen molar-refractivity contribution in [1.82, 2.24) is 19.6 Å². The van der Waals surface area contributed by atoms with Crippen molar-refractivity contribution in [2.75, 3.05) is 24.6 Å². The van der Waals surface area contributed by atoms with E-state index in [9.17, 15) is 4.79 Å². The molecule has 0 radical (unpaired) electrons. The molecule has 0 aliphatic carbocycles. The summed E-state index contributed by atoms with van der Waals surface area (Å²) in [5.41, 5.74) is 3.79. The Labute approximate surface area is 180 Å². The van der Waals surface area contributed by atoms with Crippen molar-refractivity contribution in [3.63, 3.8) is 0 Å². The van der Waals surface area contributed by atoms with Crippen LogP contribution in [0, 0.1) is 12.8 Å². The summed E-state index contributed by atoms with van der Waals surface area (Å²) in [7, 11) is 0. The Morgan fingerprint density at radius 3 is 2.87 bits per heavy atom. The topological polar surface area (TPSA) is 72.6 Å². The summed E-state index contributed by atoms with van der Waals surface area (Å²) in [6.45, 7) is 5.71. The van der Waals surface area contributed by atoms with Crippen molar-refractivity contribution >= 4 is 28.5 Å². The Morgan fingerprint density at radius 2 is 2.03 bits per heavy atom. The molecule has 0 spiro atoms. The normalized spacial score (nSPS) is 16.7. The molecular formula is C24H25N5O2. The molecule has 0 N–H and O–H groups in total. The first-order valence-electron chi connectivity index (χ1n) is 10.8. The van der Waals surface area contributed by atoms with Crippen LogP contribution in [-0.4, -0.2) is 45.2 Å². The third-order valence-corrected chi connectivity index (χ3v) is 5.83. The van der Waals surface area contributed by atoms with Crippen molar-refractivity contribution in [2.24, 2.45) is 5.92 Å². The van der Waals surface area contributed by atoms with Crippen LogP contribution in [0.25, 0.3) is 27.9 Å². The average molecular weight is 415 g/mol. The second-order valence-corrected chi connectivity index (χ2v) is 8.02. The van der Waals surface area contributed by atoms with Gasteiger partial charge in [0.05, 0.1) is 18.0 Å². The third-order valence-electron chi connectivity index (χ3n) is 5.83. The van der Waals surface area contributed by atoms with E-state index in [1.807, 2.05) is 47.7 Å². The molecule has 1 fully saturated rings. The largest absolute Gasteiger partial charge is 0.466 e. The summed E-state index contributed by atoms with van der Waals surface area (Å²) in [6.07, 6.45) is 1.74. The molecule has 7 heteroatoms. The fourth-order valence-electron chi connectivity index (χ4n) is 4.36. The van der Waals surface area contributed by atoms with Gasteiger partial charge in [0, 0.05) is 24.0 Å². The van der Waals surface area contributed by atoms with E-state index in [-0.39, 0.29) is 11.9 Å². The van der Waals surface area contributed by atoms with Gasteiger partial charge in [-0.25, -0.2) is 9.38 Å². The molecule has 31 heavy (non-hydrogen) atoms. The average Bonchev–Trinajstić information content (AvgIpc) is 3.24.